The molecule has 0 saturated heterocycles. The minimum absolute atomic E-state index is 0.348. The van der Waals surface area contributed by atoms with Gasteiger partial charge in [-0.1, -0.05) is 43.7 Å². The summed E-state index contributed by atoms with van der Waals surface area (Å²) in [6, 6.07) is 7.79. The summed E-state index contributed by atoms with van der Waals surface area (Å²) in [6.07, 6.45) is 0.993. The van der Waals surface area contributed by atoms with Crippen molar-refractivity contribution in [3.05, 3.63) is 35.9 Å². The zero-order valence-electron chi connectivity index (χ0n) is 13.9. The molecule has 1 N–H and O–H groups in total. The van der Waals surface area contributed by atoms with Crippen LogP contribution in [0.2, 0.25) is 0 Å². The Balaban J connectivity index is 3.04. The van der Waals surface area contributed by atoms with Crippen LogP contribution >= 0.6 is 0 Å². The zero-order chi connectivity index (χ0) is 17.5. The molecular weight excluding hydrogens is 298 g/mol. The number of esters is 2. The maximum Gasteiger partial charge on any atom is 0.333 e. The molecule has 2 atom stereocenters. The van der Waals surface area contributed by atoms with Gasteiger partial charge in [0, 0.05) is 6.92 Å². The number of carbonyl (C=O) groups is 3. The minimum atomic E-state index is -1.33. The molecule has 0 bridgehead atoms. The maximum atomic E-state index is 12.6. The highest BCUT2D eigenvalue weighted by Crippen LogP contribution is 2.22. The van der Waals surface area contributed by atoms with Gasteiger partial charge < -0.3 is 14.8 Å². The predicted molar refractivity (Wildman–Crippen MR) is 84.4 cm³/mol. The van der Waals surface area contributed by atoms with E-state index >= 15 is 0 Å². The number of amides is 1. The first-order valence-electron chi connectivity index (χ1n) is 7.47. The molecule has 0 radical (unpaired) electrons. The Hall–Kier alpha value is -2.37. The molecule has 1 rings (SSSR count). The van der Waals surface area contributed by atoms with E-state index in [1.54, 1.807) is 30.3 Å². The molecule has 0 fully saturated rings. The predicted octanol–water partition coefficient (Wildman–Crippen LogP) is 2.14. The van der Waals surface area contributed by atoms with E-state index in [0.717, 1.165) is 0 Å². The molecule has 6 heteroatoms. The van der Waals surface area contributed by atoms with Crippen molar-refractivity contribution in [2.45, 2.75) is 45.3 Å². The summed E-state index contributed by atoms with van der Waals surface area (Å²) in [5, 5.41) is 2.62. The quantitative estimate of drug-likeness (QED) is 0.778. The Kier molecular flexibility index (Phi) is 6.75. The van der Waals surface area contributed by atoms with Gasteiger partial charge in [-0.3, -0.25) is 9.59 Å². The fourth-order valence-electron chi connectivity index (χ4n) is 2.33. The molecule has 0 unspecified atom stereocenters. The van der Waals surface area contributed by atoms with Crippen LogP contribution in [0.15, 0.2) is 30.3 Å². The molecule has 0 aliphatic rings. The third-order valence-electron chi connectivity index (χ3n) is 3.42. The Morgan fingerprint density at radius 2 is 1.83 bits per heavy atom. The number of carbonyl (C=O) groups excluding carboxylic acids is 3. The Labute approximate surface area is 136 Å². The summed E-state index contributed by atoms with van der Waals surface area (Å²) in [4.78, 5) is 35.9. The topological polar surface area (TPSA) is 81.7 Å². The van der Waals surface area contributed by atoms with E-state index in [9.17, 15) is 14.4 Å². The molecule has 6 nitrogen and oxygen atoms in total. The summed E-state index contributed by atoms with van der Waals surface area (Å²) in [6.45, 7) is 4.66. The third kappa shape index (κ3) is 5.09. The number of hydrogen-bond donors (Lipinski definition) is 1. The number of nitrogens with one attached hydrogen (secondary N) is 1. The summed E-state index contributed by atoms with van der Waals surface area (Å²) >= 11 is 0. The van der Waals surface area contributed by atoms with Crippen molar-refractivity contribution in [1.82, 2.24) is 5.32 Å². The Bertz CT molecular complexity index is 557. The van der Waals surface area contributed by atoms with Crippen LogP contribution in [0.3, 0.4) is 0 Å². The van der Waals surface area contributed by atoms with Crippen molar-refractivity contribution in [1.29, 1.82) is 0 Å². The smallest absolute Gasteiger partial charge is 0.333 e. The highest BCUT2D eigenvalue weighted by atomic mass is 16.6. The van der Waals surface area contributed by atoms with Crippen LogP contribution in [-0.4, -0.2) is 30.6 Å². The number of benzene rings is 1. The maximum absolute atomic E-state index is 12.6. The minimum Gasteiger partial charge on any atom is -0.467 e. The van der Waals surface area contributed by atoms with Crippen molar-refractivity contribution in [3.8, 4) is 0 Å². The normalized spacial score (nSPS) is 14.3. The van der Waals surface area contributed by atoms with Crippen molar-refractivity contribution >= 4 is 17.8 Å². The fourth-order valence-corrected chi connectivity index (χ4v) is 2.33. The van der Waals surface area contributed by atoms with Crippen LogP contribution < -0.4 is 5.32 Å². The second-order valence-electron chi connectivity index (χ2n) is 5.41. The second-order valence-corrected chi connectivity index (χ2v) is 5.41. The third-order valence-corrected chi connectivity index (χ3v) is 3.42. The van der Waals surface area contributed by atoms with E-state index in [4.69, 9.17) is 9.47 Å². The largest absolute Gasteiger partial charge is 0.467 e. The SMILES string of the molecule is CCC[C@](C)(OC(C)=O)C(=O)N[C@@H](C(=O)OC)c1ccccc1. The van der Waals surface area contributed by atoms with E-state index in [2.05, 4.69) is 5.32 Å². The van der Waals surface area contributed by atoms with Crippen LogP contribution in [0.4, 0.5) is 0 Å². The molecule has 0 heterocycles. The molecule has 23 heavy (non-hydrogen) atoms. The van der Waals surface area contributed by atoms with Gasteiger partial charge in [-0.2, -0.15) is 0 Å². The van der Waals surface area contributed by atoms with E-state index in [-0.39, 0.29) is 0 Å². The van der Waals surface area contributed by atoms with Gasteiger partial charge in [0.2, 0.25) is 0 Å². The number of rotatable bonds is 7. The molecule has 1 aromatic carbocycles. The van der Waals surface area contributed by atoms with Crippen molar-refractivity contribution in [2.75, 3.05) is 7.11 Å². The number of hydrogen-bond acceptors (Lipinski definition) is 5. The van der Waals surface area contributed by atoms with E-state index in [1.165, 1.54) is 21.0 Å². The first-order chi connectivity index (χ1) is 10.8. The van der Waals surface area contributed by atoms with Crippen LogP contribution in [0.5, 0.6) is 0 Å². The Morgan fingerprint density at radius 3 is 2.30 bits per heavy atom. The lowest BCUT2D eigenvalue weighted by molar-refractivity contribution is -0.166. The monoisotopic (exact) mass is 321 g/mol. The zero-order valence-corrected chi connectivity index (χ0v) is 13.9. The average Bonchev–Trinajstić information content (AvgIpc) is 2.51. The molecule has 0 aliphatic carbocycles. The lowest BCUT2D eigenvalue weighted by Gasteiger charge is -2.29. The van der Waals surface area contributed by atoms with Gasteiger partial charge in [-0.05, 0) is 18.9 Å². The molecular formula is C17H23NO5. The van der Waals surface area contributed by atoms with Gasteiger partial charge in [0.05, 0.1) is 7.11 Å². The van der Waals surface area contributed by atoms with E-state index < -0.39 is 29.5 Å². The van der Waals surface area contributed by atoms with Crippen molar-refractivity contribution in [2.24, 2.45) is 0 Å². The van der Waals surface area contributed by atoms with Crippen molar-refractivity contribution < 1.29 is 23.9 Å². The standard InChI is InChI=1S/C17H23NO5/c1-5-11-17(3,23-12(2)19)16(21)18-14(15(20)22-4)13-9-7-6-8-10-13/h6-10,14H,5,11H2,1-4H3,(H,18,21)/t14-,17+/m1/s1. The molecule has 126 valence electrons. The average molecular weight is 321 g/mol. The highest BCUT2D eigenvalue weighted by molar-refractivity contribution is 5.91. The molecule has 0 spiro atoms. The van der Waals surface area contributed by atoms with Gasteiger partial charge in [0.25, 0.3) is 5.91 Å². The van der Waals surface area contributed by atoms with Crippen molar-refractivity contribution in [3.63, 3.8) is 0 Å². The van der Waals surface area contributed by atoms with Gasteiger partial charge >= 0.3 is 11.9 Å². The lowest BCUT2D eigenvalue weighted by atomic mass is 9.97. The molecule has 0 aliphatic heterocycles. The van der Waals surface area contributed by atoms with Gasteiger partial charge in [0.15, 0.2) is 11.6 Å². The first kappa shape index (κ1) is 18.7. The highest BCUT2D eigenvalue weighted by Gasteiger charge is 2.38. The Morgan fingerprint density at radius 1 is 1.22 bits per heavy atom. The molecule has 0 saturated carbocycles. The molecule has 1 amide bonds. The number of ether oxygens (including phenoxy) is 2. The summed E-state index contributed by atoms with van der Waals surface area (Å²) in [7, 11) is 1.25. The van der Waals surface area contributed by atoms with Crippen LogP contribution in [0.25, 0.3) is 0 Å². The molecule has 1 aromatic rings. The van der Waals surface area contributed by atoms with Gasteiger partial charge in [-0.15, -0.1) is 0 Å². The van der Waals surface area contributed by atoms with E-state index in [0.29, 0.717) is 18.4 Å². The lowest BCUT2D eigenvalue weighted by Crippen LogP contribution is -2.50. The summed E-state index contributed by atoms with van der Waals surface area (Å²) in [5.74, 6) is -1.68. The second kappa shape index (κ2) is 8.31. The van der Waals surface area contributed by atoms with Gasteiger partial charge in [0.1, 0.15) is 0 Å². The first-order valence-corrected chi connectivity index (χ1v) is 7.47. The molecule has 0 aromatic heterocycles. The summed E-state index contributed by atoms with van der Waals surface area (Å²) in [5.41, 5.74) is -0.740. The number of methoxy groups -OCH3 is 1. The van der Waals surface area contributed by atoms with Crippen LogP contribution in [-0.2, 0) is 23.9 Å². The van der Waals surface area contributed by atoms with E-state index in [1.807, 2.05) is 6.92 Å². The fraction of sp³-hybridized carbons (Fsp3) is 0.471. The van der Waals surface area contributed by atoms with Gasteiger partial charge in [-0.25, -0.2) is 4.79 Å². The van der Waals surface area contributed by atoms with Crippen LogP contribution in [0, 0.1) is 0 Å². The summed E-state index contributed by atoms with van der Waals surface area (Å²) < 4.78 is 9.95. The van der Waals surface area contributed by atoms with Crippen LogP contribution in [0.1, 0.15) is 45.2 Å².